The number of nitrogens with zero attached hydrogens (tertiary/aromatic N) is 1. The van der Waals surface area contributed by atoms with E-state index >= 15 is 0 Å². The summed E-state index contributed by atoms with van der Waals surface area (Å²) in [6.45, 7) is 0.258. The molecule has 2 aromatic rings. The number of methoxy groups -OCH3 is 1. The maximum Gasteiger partial charge on any atom is 0.305 e. The number of hydrogen-bond donors (Lipinski definition) is 1. The van der Waals surface area contributed by atoms with Crippen LogP contribution < -0.4 is 14.8 Å². The number of hydrogen-bond acceptors (Lipinski definition) is 7. The Labute approximate surface area is 125 Å². The number of aryl methyl sites for hydroxylation is 1. The van der Waals surface area contributed by atoms with Gasteiger partial charge in [0.2, 0.25) is 6.79 Å². The van der Waals surface area contributed by atoms with Gasteiger partial charge in [0.05, 0.1) is 19.2 Å². The third-order valence-electron chi connectivity index (χ3n) is 2.99. The summed E-state index contributed by atoms with van der Waals surface area (Å²) in [5.41, 5.74) is 1.75. The molecule has 0 fully saturated rings. The lowest BCUT2D eigenvalue weighted by atomic mass is 10.2. The van der Waals surface area contributed by atoms with Gasteiger partial charge < -0.3 is 19.5 Å². The highest BCUT2D eigenvalue weighted by Gasteiger charge is 2.13. The van der Waals surface area contributed by atoms with Crippen LogP contribution >= 0.6 is 11.3 Å². The maximum absolute atomic E-state index is 11.1. The number of carbonyl (C=O) groups is 1. The van der Waals surface area contributed by atoms with E-state index in [9.17, 15) is 4.79 Å². The minimum Gasteiger partial charge on any atom is -0.469 e. The van der Waals surface area contributed by atoms with Gasteiger partial charge >= 0.3 is 5.97 Å². The largest absolute Gasteiger partial charge is 0.469 e. The Hall–Kier alpha value is -2.28. The van der Waals surface area contributed by atoms with Crippen molar-refractivity contribution < 1.29 is 19.0 Å². The van der Waals surface area contributed by atoms with Crippen LogP contribution in [0.3, 0.4) is 0 Å². The van der Waals surface area contributed by atoms with E-state index < -0.39 is 0 Å². The van der Waals surface area contributed by atoms with Crippen molar-refractivity contribution in [2.75, 3.05) is 19.2 Å². The lowest BCUT2D eigenvalue weighted by molar-refractivity contribution is -0.140. The van der Waals surface area contributed by atoms with Gasteiger partial charge in [-0.1, -0.05) is 0 Å². The second-order valence-corrected chi connectivity index (χ2v) is 5.27. The molecular weight excluding hydrogens is 292 g/mol. The maximum atomic E-state index is 11.1. The van der Waals surface area contributed by atoms with Crippen LogP contribution in [-0.2, 0) is 16.0 Å². The number of fused-ring (bicyclic) bond motifs is 1. The number of esters is 1. The third-order valence-corrected chi connectivity index (χ3v) is 3.80. The van der Waals surface area contributed by atoms with Crippen LogP contribution in [0.5, 0.6) is 11.5 Å². The fourth-order valence-corrected chi connectivity index (χ4v) is 2.67. The van der Waals surface area contributed by atoms with Gasteiger partial charge in [-0.05, 0) is 12.1 Å². The topological polar surface area (TPSA) is 69.7 Å². The summed E-state index contributed by atoms with van der Waals surface area (Å²) in [6.07, 6.45) is 0.912. The van der Waals surface area contributed by atoms with Crippen molar-refractivity contribution >= 4 is 28.1 Å². The van der Waals surface area contributed by atoms with Crippen LogP contribution in [-0.4, -0.2) is 24.9 Å². The molecule has 1 aliphatic rings. The first-order valence-electron chi connectivity index (χ1n) is 6.42. The second-order valence-electron chi connectivity index (χ2n) is 4.41. The molecule has 0 unspecified atom stereocenters. The zero-order chi connectivity index (χ0) is 14.7. The van der Waals surface area contributed by atoms with E-state index in [4.69, 9.17) is 9.47 Å². The summed E-state index contributed by atoms with van der Waals surface area (Å²) in [5.74, 6) is 1.24. The number of benzene rings is 1. The van der Waals surface area contributed by atoms with Crippen molar-refractivity contribution in [2.24, 2.45) is 0 Å². The fourth-order valence-electron chi connectivity index (χ4n) is 1.91. The fraction of sp³-hybridized carbons (Fsp3) is 0.286. The van der Waals surface area contributed by atoms with Gasteiger partial charge in [0.1, 0.15) is 0 Å². The normalized spacial score (nSPS) is 12.2. The third kappa shape index (κ3) is 3.25. The predicted molar refractivity (Wildman–Crippen MR) is 78.3 cm³/mol. The van der Waals surface area contributed by atoms with Gasteiger partial charge in [-0.2, -0.15) is 0 Å². The summed E-state index contributed by atoms with van der Waals surface area (Å²) >= 11 is 1.49. The van der Waals surface area contributed by atoms with E-state index in [2.05, 4.69) is 15.0 Å². The number of aromatic nitrogens is 1. The number of thiazole rings is 1. The van der Waals surface area contributed by atoms with Crippen LogP contribution in [0, 0.1) is 0 Å². The summed E-state index contributed by atoms with van der Waals surface area (Å²) in [4.78, 5) is 15.5. The Morgan fingerprint density at radius 1 is 1.43 bits per heavy atom. The molecule has 6 nitrogen and oxygen atoms in total. The Morgan fingerprint density at radius 2 is 2.29 bits per heavy atom. The predicted octanol–water partition coefficient (Wildman–Crippen LogP) is 2.72. The Bertz CT molecular complexity index is 656. The Morgan fingerprint density at radius 3 is 3.14 bits per heavy atom. The average molecular weight is 306 g/mol. The molecule has 3 rings (SSSR count). The monoisotopic (exact) mass is 306 g/mol. The highest BCUT2D eigenvalue weighted by atomic mass is 32.1. The summed E-state index contributed by atoms with van der Waals surface area (Å²) in [5, 5.41) is 5.91. The van der Waals surface area contributed by atoms with E-state index in [1.807, 2.05) is 23.6 Å². The first-order valence-corrected chi connectivity index (χ1v) is 7.30. The number of rotatable bonds is 5. The molecule has 0 saturated carbocycles. The summed E-state index contributed by atoms with van der Waals surface area (Å²) in [6, 6.07) is 5.64. The molecule has 21 heavy (non-hydrogen) atoms. The van der Waals surface area contributed by atoms with E-state index in [0.717, 1.165) is 28.0 Å². The number of nitrogens with one attached hydrogen (secondary N) is 1. The summed E-state index contributed by atoms with van der Waals surface area (Å²) in [7, 11) is 1.38. The van der Waals surface area contributed by atoms with E-state index in [1.165, 1.54) is 18.4 Å². The molecule has 0 aliphatic carbocycles. The molecule has 1 aliphatic heterocycles. The van der Waals surface area contributed by atoms with Gasteiger partial charge in [-0.25, -0.2) is 4.98 Å². The first-order chi connectivity index (χ1) is 10.2. The second kappa shape index (κ2) is 6.01. The van der Waals surface area contributed by atoms with Crippen molar-refractivity contribution in [3.8, 4) is 11.5 Å². The quantitative estimate of drug-likeness (QED) is 0.857. The Kier molecular flexibility index (Phi) is 3.92. The minimum absolute atomic E-state index is 0.228. The number of anilines is 2. The smallest absolute Gasteiger partial charge is 0.305 e. The molecule has 0 amide bonds. The van der Waals surface area contributed by atoms with E-state index in [-0.39, 0.29) is 12.8 Å². The van der Waals surface area contributed by atoms with Gasteiger partial charge in [0.15, 0.2) is 16.6 Å². The minimum atomic E-state index is -0.228. The molecular formula is C14H14N2O4S. The molecule has 0 atom stereocenters. The van der Waals surface area contributed by atoms with Crippen LogP contribution in [0.15, 0.2) is 23.6 Å². The highest BCUT2D eigenvalue weighted by molar-refractivity contribution is 7.13. The van der Waals surface area contributed by atoms with Crippen LogP contribution in [0.4, 0.5) is 10.8 Å². The van der Waals surface area contributed by atoms with Gasteiger partial charge in [-0.3, -0.25) is 4.79 Å². The standard InChI is InChI=1S/C14H14N2O4S/c1-18-13(17)5-3-10-7-21-14(16-10)15-9-2-4-11-12(6-9)20-8-19-11/h2,4,6-7H,3,5,8H2,1H3,(H,15,16). The molecule has 0 spiro atoms. The van der Waals surface area contributed by atoms with Gasteiger partial charge in [0.25, 0.3) is 0 Å². The Balaban J connectivity index is 1.63. The molecule has 1 N–H and O–H groups in total. The first kappa shape index (κ1) is 13.7. The van der Waals surface area contributed by atoms with Crippen molar-refractivity contribution in [1.82, 2.24) is 4.98 Å². The highest BCUT2D eigenvalue weighted by Crippen LogP contribution is 2.35. The lowest BCUT2D eigenvalue weighted by Gasteiger charge is -2.03. The van der Waals surface area contributed by atoms with Crippen LogP contribution in [0.1, 0.15) is 12.1 Å². The molecule has 0 radical (unpaired) electrons. The molecule has 0 saturated heterocycles. The van der Waals surface area contributed by atoms with E-state index in [1.54, 1.807) is 0 Å². The summed E-state index contributed by atoms with van der Waals surface area (Å²) < 4.78 is 15.2. The molecule has 2 heterocycles. The van der Waals surface area contributed by atoms with Crippen LogP contribution in [0.2, 0.25) is 0 Å². The molecule has 0 bridgehead atoms. The average Bonchev–Trinajstić information content (AvgIpc) is 3.13. The lowest BCUT2D eigenvalue weighted by Crippen LogP contribution is -2.02. The van der Waals surface area contributed by atoms with Gasteiger partial charge in [-0.15, -0.1) is 11.3 Å². The SMILES string of the molecule is COC(=O)CCc1csc(Nc2ccc3c(c2)OCO3)n1. The van der Waals surface area contributed by atoms with E-state index in [0.29, 0.717) is 12.8 Å². The zero-order valence-corrected chi connectivity index (χ0v) is 12.2. The van der Waals surface area contributed by atoms with Crippen molar-refractivity contribution in [2.45, 2.75) is 12.8 Å². The number of ether oxygens (including phenoxy) is 3. The van der Waals surface area contributed by atoms with Crippen LogP contribution in [0.25, 0.3) is 0 Å². The molecule has 110 valence electrons. The molecule has 1 aromatic heterocycles. The molecule has 7 heteroatoms. The van der Waals surface area contributed by atoms with Gasteiger partial charge in [0, 0.05) is 23.6 Å². The van der Waals surface area contributed by atoms with Crippen molar-refractivity contribution in [1.29, 1.82) is 0 Å². The molecule has 1 aromatic carbocycles. The van der Waals surface area contributed by atoms with Crippen molar-refractivity contribution in [3.05, 3.63) is 29.3 Å². The zero-order valence-electron chi connectivity index (χ0n) is 11.4. The number of carbonyl (C=O) groups excluding carboxylic acids is 1. The van der Waals surface area contributed by atoms with Crippen molar-refractivity contribution in [3.63, 3.8) is 0 Å².